The fourth-order valence-electron chi connectivity index (χ4n) is 4.83. The number of hydrogen-bond acceptors (Lipinski definition) is 2. The zero-order valence-corrected chi connectivity index (χ0v) is 17.5. The Kier molecular flexibility index (Phi) is 6.19. The highest BCUT2D eigenvalue weighted by Crippen LogP contribution is 2.32. The van der Waals surface area contributed by atoms with Crippen molar-refractivity contribution in [3.05, 3.63) is 65.1 Å². The smallest absolute Gasteiger partial charge is 0.123 e. The monoisotopic (exact) mass is 394 g/mol. The third-order valence-corrected chi connectivity index (χ3v) is 6.28. The summed E-state index contributed by atoms with van der Waals surface area (Å²) in [7, 11) is 1.77. The predicted molar refractivity (Wildman–Crippen MR) is 117 cm³/mol. The van der Waals surface area contributed by atoms with Gasteiger partial charge in [0, 0.05) is 23.1 Å². The summed E-state index contributed by atoms with van der Waals surface area (Å²) in [5.41, 5.74) is 5.06. The van der Waals surface area contributed by atoms with Crippen molar-refractivity contribution in [2.45, 2.75) is 51.5 Å². The lowest BCUT2D eigenvalue weighted by molar-refractivity contribution is 0.176. The maximum absolute atomic E-state index is 13.6. The normalized spacial score (nSPS) is 16.3. The minimum absolute atomic E-state index is 0.166. The number of H-pyrrole nitrogens is 1. The lowest BCUT2D eigenvalue weighted by Gasteiger charge is -2.35. The maximum atomic E-state index is 13.6. The van der Waals surface area contributed by atoms with Crippen molar-refractivity contribution in [2.24, 2.45) is 0 Å². The summed E-state index contributed by atoms with van der Waals surface area (Å²) in [6, 6.07) is 12.0. The molecular formula is C25H31FN2O. The van der Waals surface area contributed by atoms with E-state index in [2.05, 4.69) is 35.0 Å². The molecule has 3 aromatic rings. The van der Waals surface area contributed by atoms with Gasteiger partial charge in [0.1, 0.15) is 11.6 Å². The van der Waals surface area contributed by atoms with Crippen molar-refractivity contribution < 1.29 is 9.13 Å². The number of nitrogens with zero attached hydrogens (tertiary/aromatic N) is 1. The van der Waals surface area contributed by atoms with E-state index in [9.17, 15) is 4.39 Å². The molecule has 4 rings (SSSR count). The van der Waals surface area contributed by atoms with Crippen LogP contribution in [0.2, 0.25) is 0 Å². The first kappa shape index (κ1) is 20.0. The van der Waals surface area contributed by atoms with Gasteiger partial charge in [-0.2, -0.15) is 0 Å². The first-order valence-corrected chi connectivity index (χ1v) is 10.8. The Morgan fingerprint density at radius 3 is 2.93 bits per heavy atom. The Hall–Kier alpha value is -2.33. The second-order valence-corrected chi connectivity index (χ2v) is 8.14. The van der Waals surface area contributed by atoms with Crippen LogP contribution in [0.1, 0.15) is 42.9 Å². The Morgan fingerprint density at radius 1 is 1.21 bits per heavy atom. The van der Waals surface area contributed by atoms with Gasteiger partial charge in [-0.05, 0) is 92.6 Å². The molecule has 0 fully saturated rings. The number of methoxy groups -OCH3 is 1. The standard InChI is InChI=1S/C25H31FN2O/c1-3-13-28(21-11-9-18-6-4-8-25(29-2)23(18)16-21)14-5-7-19-17-27-24-12-10-20(26)15-22(19)24/h4,6,8,10,12,15,17,21,27H,3,5,7,9,11,13-14,16H2,1-2H3/t21-/m1/s1. The highest BCUT2D eigenvalue weighted by molar-refractivity contribution is 5.83. The van der Waals surface area contributed by atoms with Crippen LogP contribution >= 0.6 is 0 Å². The molecule has 3 nitrogen and oxygen atoms in total. The van der Waals surface area contributed by atoms with Crippen LogP contribution in [0.25, 0.3) is 10.9 Å². The molecule has 29 heavy (non-hydrogen) atoms. The van der Waals surface area contributed by atoms with Crippen LogP contribution in [0.15, 0.2) is 42.6 Å². The van der Waals surface area contributed by atoms with Crippen LogP contribution in [0, 0.1) is 5.82 Å². The minimum atomic E-state index is -0.166. The number of fused-ring (bicyclic) bond motifs is 2. The Balaban J connectivity index is 1.42. The lowest BCUT2D eigenvalue weighted by atomic mass is 9.86. The Morgan fingerprint density at radius 2 is 2.10 bits per heavy atom. The maximum Gasteiger partial charge on any atom is 0.123 e. The van der Waals surface area contributed by atoms with Crippen molar-refractivity contribution in [2.75, 3.05) is 20.2 Å². The number of benzene rings is 2. The van der Waals surface area contributed by atoms with Gasteiger partial charge in [0.25, 0.3) is 0 Å². The van der Waals surface area contributed by atoms with Crippen LogP contribution in [-0.2, 0) is 19.3 Å². The van der Waals surface area contributed by atoms with Crippen molar-refractivity contribution in [1.82, 2.24) is 9.88 Å². The first-order valence-electron chi connectivity index (χ1n) is 10.8. The third-order valence-electron chi connectivity index (χ3n) is 6.28. The molecule has 0 saturated carbocycles. The molecule has 0 unspecified atom stereocenters. The van der Waals surface area contributed by atoms with E-state index < -0.39 is 0 Å². The summed E-state index contributed by atoms with van der Waals surface area (Å²) < 4.78 is 19.3. The van der Waals surface area contributed by atoms with Crippen molar-refractivity contribution >= 4 is 10.9 Å². The average molecular weight is 395 g/mol. The number of aryl methyl sites for hydroxylation is 2. The van der Waals surface area contributed by atoms with Gasteiger partial charge in [0.05, 0.1) is 7.11 Å². The molecule has 2 aromatic carbocycles. The number of rotatable bonds is 8. The highest BCUT2D eigenvalue weighted by atomic mass is 19.1. The zero-order chi connectivity index (χ0) is 20.2. The first-order chi connectivity index (χ1) is 14.2. The summed E-state index contributed by atoms with van der Waals surface area (Å²) in [6.07, 6.45) is 8.65. The molecule has 0 saturated heterocycles. The van der Waals surface area contributed by atoms with E-state index in [-0.39, 0.29) is 5.82 Å². The van der Waals surface area contributed by atoms with E-state index in [4.69, 9.17) is 4.74 Å². The highest BCUT2D eigenvalue weighted by Gasteiger charge is 2.25. The van der Waals surface area contributed by atoms with Crippen LogP contribution in [-0.4, -0.2) is 36.1 Å². The van der Waals surface area contributed by atoms with E-state index in [1.54, 1.807) is 13.2 Å². The number of ether oxygens (including phenoxy) is 1. The second kappa shape index (κ2) is 9.00. The molecule has 0 bridgehead atoms. The molecule has 0 spiro atoms. The summed E-state index contributed by atoms with van der Waals surface area (Å²) in [5, 5.41) is 1.02. The van der Waals surface area contributed by atoms with Crippen LogP contribution in [0.4, 0.5) is 4.39 Å². The average Bonchev–Trinajstić information content (AvgIpc) is 3.14. The molecule has 1 N–H and O–H groups in total. The van der Waals surface area contributed by atoms with E-state index >= 15 is 0 Å². The molecule has 0 amide bonds. The van der Waals surface area contributed by atoms with E-state index in [1.807, 2.05) is 12.3 Å². The van der Waals surface area contributed by atoms with Gasteiger partial charge in [-0.1, -0.05) is 19.1 Å². The molecule has 1 heterocycles. The Bertz CT molecular complexity index is 950. The molecule has 154 valence electrons. The topological polar surface area (TPSA) is 28.3 Å². The summed E-state index contributed by atoms with van der Waals surface area (Å²) >= 11 is 0. The van der Waals surface area contributed by atoms with Crippen molar-refractivity contribution in [3.63, 3.8) is 0 Å². The molecule has 0 aliphatic heterocycles. The Labute approximate surface area is 172 Å². The summed E-state index contributed by atoms with van der Waals surface area (Å²) in [6.45, 7) is 4.45. The fraction of sp³-hybridized carbons (Fsp3) is 0.440. The molecule has 1 aliphatic rings. The van der Waals surface area contributed by atoms with Crippen molar-refractivity contribution in [1.29, 1.82) is 0 Å². The van der Waals surface area contributed by atoms with Gasteiger partial charge >= 0.3 is 0 Å². The van der Waals surface area contributed by atoms with Crippen LogP contribution in [0.5, 0.6) is 5.75 Å². The van der Waals surface area contributed by atoms with E-state index in [1.165, 1.54) is 29.2 Å². The van der Waals surface area contributed by atoms with Gasteiger partial charge in [-0.15, -0.1) is 0 Å². The number of nitrogens with one attached hydrogen (secondary N) is 1. The third kappa shape index (κ3) is 4.32. The molecular weight excluding hydrogens is 363 g/mol. The zero-order valence-electron chi connectivity index (χ0n) is 17.5. The molecule has 1 aliphatic carbocycles. The van der Waals surface area contributed by atoms with Crippen LogP contribution in [0.3, 0.4) is 0 Å². The largest absolute Gasteiger partial charge is 0.496 e. The number of hydrogen-bond donors (Lipinski definition) is 1. The summed E-state index contributed by atoms with van der Waals surface area (Å²) in [5.74, 6) is 0.866. The van der Waals surface area contributed by atoms with Crippen molar-refractivity contribution in [3.8, 4) is 5.75 Å². The number of halogens is 1. The van der Waals surface area contributed by atoms with E-state index in [0.29, 0.717) is 6.04 Å². The van der Waals surface area contributed by atoms with Gasteiger partial charge in [0.15, 0.2) is 0 Å². The molecule has 0 radical (unpaired) electrons. The van der Waals surface area contributed by atoms with Gasteiger partial charge in [-0.25, -0.2) is 4.39 Å². The predicted octanol–water partition coefficient (Wildman–Crippen LogP) is 5.52. The van der Waals surface area contributed by atoms with Gasteiger partial charge < -0.3 is 14.6 Å². The fourth-order valence-corrected chi connectivity index (χ4v) is 4.83. The second-order valence-electron chi connectivity index (χ2n) is 8.14. The van der Waals surface area contributed by atoms with Gasteiger partial charge in [0.2, 0.25) is 0 Å². The molecule has 1 aromatic heterocycles. The molecule has 1 atom stereocenters. The number of aromatic amines is 1. The SMILES string of the molecule is CCCN(CCCc1c[nH]c2ccc(F)cc12)[C@@H]1CCc2cccc(OC)c2C1. The lowest BCUT2D eigenvalue weighted by Crippen LogP contribution is -2.40. The number of aromatic nitrogens is 1. The molecule has 4 heteroatoms. The minimum Gasteiger partial charge on any atom is -0.496 e. The quantitative estimate of drug-likeness (QED) is 0.545. The summed E-state index contributed by atoms with van der Waals surface area (Å²) in [4.78, 5) is 5.93. The van der Waals surface area contributed by atoms with Gasteiger partial charge in [-0.3, -0.25) is 0 Å². The van der Waals surface area contributed by atoms with E-state index in [0.717, 1.165) is 61.8 Å². The van der Waals surface area contributed by atoms with Crippen LogP contribution < -0.4 is 4.74 Å².